The number of aromatic nitrogens is 1. The first-order valence-electron chi connectivity index (χ1n) is 7.83. The second-order valence-electron chi connectivity index (χ2n) is 5.68. The number of hydrogen-bond donors (Lipinski definition) is 1. The summed E-state index contributed by atoms with van der Waals surface area (Å²) in [4.78, 5) is 12.4. The van der Waals surface area contributed by atoms with Crippen LogP contribution in [0.2, 0.25) is 0 Å². The van der Waals surface area contributed by atoms with Gasteiger partial charge in [-0.25, -0.2) is 8.78 Å². The highest BCUT2D eigenvalue weighted by molar-refractivity contribution is 6.07. The molecule has 0 aliphatic carbocycles. The standard InChI is InChI=1S/C20H12F2N2O2/c21-14-8-5-12(6-9-14)19-15-11-13(7-10-17(15)24-26-19)20(25)23-18-4-2-1-3-16(18)22/h1-11H,(H,23,25). The number of amides is 1. The number of para-hydroxylation sites is 1. The highest BCUT2D eigenvalue weighted by atomic mass is 19.1. The normalized spacial score (nSPS) is 10.8. The van der Waals surface area contributed by atoms with Gasteiger partial charge in [0.15, 0.2) is 5.76 Å². The Balaban J connectivity index is 1.71. The summed E-state index contributed by atoms with van der Waals surface area (Å²) in [5.41, 5.74) is 1.63. The maximum atomic E-state index is 13.7. The van der Waals surface area contributed by atoms with Crippen molar-refractivity contribution in [3.63, 3.8) is 0 Å². The summed E-state index contributed by atoms with van der Waals surface area (Å²) < 4.78 is 32.2. The van der Waals surface area contributed by atoms with Crippen molar-refractivity contribution in [2.24, 2.45) is 0 Å². The summed E-state index contributed by atoms with van der Waals surface area (Å²) in [6.07, 6.45) is 0. The van der Waals surface area contributed by atoms with Crippen LogP contribution in [0.5, 0.6) is 0 Å². The molecule has 1 amide bonds. The Bertz CT molecular complexity index is 1100. The van der Waals surface area contributed by atoms with Crippen LogP contribution in [0.15, 0.2) is 71.3 Å². The summed E-state index contributed by atoms with van der Waals surface area (Å²) in [7, 11) is 0. The molecule has 4 rings (SSSR count). The molecule has 26 heavy (non-hydrogen) atoms. The Morgan fingerprint density at radius 1 is 0.962 bits per heavy atom. The van der Waals surface area contributed by atoms with Gasteiger partial charge in [0.2, 0.25) is 0 Å². The molecule has 0 atom stereocenters. The van der Waals surface area contributed by atoms with E-state index >= 15 is 0 Å². The van der Waals surface area contributed by atoms with Gasteiger partial charge in [-0.2, -0.15) is 0 Å². The van der Waals surface area contributed by atoms with Crippen molar-refractivity contribution in [3.05, 3.63) is 83.9 Å². The molecule has 0 spiro atoms. The molecule has 3 aromatic carbocycles. The van der Waals surface area contributed by atoms with Crippen molar-refractivity contribution in [1.29, 1.82) is 0 Å². The van der Waals surface area contributed by atoms with Gasteiger partial charge in [-0.15, -0.1) is 0 Å². The van der Waals surface area contributed by atoms with Crippen LogP contribution in [0.25, 0.3) is 22.2 Å². The number of rotatable bonds is 3. The highest BCUT2D eigenvalue weighted by Crippen LogP contribution is 2.29. The molecule has 0 radical (unpaired) electrons. The summed E-state index contributed by atoms with van der Waals surface area (Å²) >= 11 is 0. The molecule has 6 heteroatoms. The van der Waals surface area contributed by atoms with Gasteiger partial charge >= 0.3 is 0 Å². The summed E-state index contributed by atoms with van der Waals surface area (Å²) in [6.45, 7) is 0. The van der Waals surface area contributed by atoms with Crippen LogP contribution in [0, 0.1) is 11.6 Å². The Morgan fingerprint density at radius 3 is 2.50 bits per heavy atom. The average Bonchev–Trinajstić information content (AvgIpc) is 3.07. The second-order valence-corrected chi connectivity index (χ2v) is 5.68. The molecule has 0 fully saturated rings. The summed E-state index contributed by atoms with van der Waals surface area (Å²) in [6, 6.07) is 16.5. The molecule has 4 nitrogen and oxygen atoms in total. The molecule has 1 aromatic heterocycles. The lowest BCUT2D eigenvalue weighted by molar-refractivity contribution is 0.102. The minimum Gasteiger partial charge on any atom is -0.355 e. The molecule has 1 heterocycles. The minimum absolute atomic E-state index is 0.0988. The molecule has 0 unspecified atom stereocenters. The molecule has 4 aromatic rings. The number of fused-ring (bicyclic) bond motifs is 1. The fraction of sp³-hybridized carbons (Fsp3) is 0. The van der Waals surface area contributed by atoms with Crippen LogP contribution >= 0.6 is 0 Å². The Labute approximate surface area is 147 Å². The quantitative estimate of drug-likeness (QED) is 0.564. The van der Waals surface area contributed by atoms with Gasteiger partial charge < -0.3 is 9.84 Å². The number of anilines is 1. The number of halogens is 2. The first-order chi connectivity index (χ1) is 12.6. The zero-order valence-electron chi connectivity index (χ0n) is 13.4. The van der Waals surface area contributed by atoms with E-state index in [2.05, 4.69) is 10.5 Å². The van der Waals surface area contributed by atoms with Crippen LogP contribution in [-0.4, -0.2) is 11.1 Å². The fourth-order valence-electron chi connectivity index (χ4n) is 2.65. The van der Waals surface area contributed by atoms with Crippen molar-refractivity contribution in [2.75, 3.05) is 5.32 Å². The van der Waals surface area contributed by atoms with Crippen LogP contribution < -0.4 is 5.32 Å². The Kier molecular flexibility index (Phi) is 3.93. The van der Waals surface area contributed by atoms with Gasteiger partial charge in [-0.1, -0.05) is 17.3 Å². The molecule has 128 valence electrons. The number of nitrogens with zero attached hydrogens (tertiary/aromatic N) is 1. The molecular formula is C20H12F2N2O2. The van der Waals surface area contributed by atoms with Crippen LogP contribution in [0.1, 0.15) is 10.4 Å². The van der Waals surface area contributed by atoms with E-state index < -0.39 is 11.7 Å². The van der Waals surface area contributed by atoms with Gasteiger partial charge in [0, 0.05) is 11.1 Å². The van der Waals surface area contributed by atoms with Crippen molar-refractivity contribution in [2.45, 2.75) is 0 Å². The average molecular weight is 350 g/mol. The van der Waals surface area contributed by atoms with E-state index in [0.717, 1.165) is 0 Å². The predicted molar refractivity (Wildman–Crippen MR) is 93.8 cm³/mol. The SMILES string of the molecule is O=C(Nc1ccccc1F)c1ccc2noc(-c3ccc(F)cc3)c2c1. The third-order valence-corrected chi connectivity index (χ3v) is 3.97. The molecule has 0 saturated carbocycles. The summed E-state index contributed by atoms with van der Waals surface area (Å²) in [5.74, 6) is -0.898. The Morgan fingerprint density at radius 2 is 1.73 bits per heavy atom. The number of hydrogen-bond acceptors (Lipinski definition) is 3. The predicted octanol–water partition coefficient (Wildman–Crippen LogP) is 5.03. The van der Waals surface area contributed by atoms with Crippen LogP contribution in [0.3, 0.4) is 0 Å². The molecule has 1 N–H and O–H groups in total. The zero-order chi connectivity index (χ0) is 18.1. The van der Waals surface area contributed by atoms with Crippen molar-refractivity contribution < 1.29 is 18.1 Å². The van der Waals surface area contributed by atoms with Gasteiger partial charge in [0.25, 0.3) is 5.91 Å². The largest absolute Gasteiger partial charge is 0.355 e. The number of nitrogens with one attached hydrogen (secondary N) is 1. The fourth-order valence-corrected chi connectivity index (χ4v) is 2.65. The zero-order valence-corrected chi connectivity index (χ0v) is 13.4. The molecule has 0 saturated heterocycles. The van der Waals surface area contributed by atoms with E-state index in [4.69, 9.17) is 4.52 Å². The van der Waals surface area contributed by atoms with Crippen molar-refractivity contribution in [1.82, 2.24) is 5.16 Å². The monoisotopic (exact) mass is 350 g/mol. The number of carbonyl (C=O) groups is 1. The van der Waals surface area contributed by atoms with Gasteiger partial charge in [0.1, 0.15) is 17.2 Å². The summed E-state index contributed by atoms with van der Waals surface area (Å²) in [5, 5.41) is 7.10. The van der Waals surface area contributed by atoms with E-state index in [0.29, 0.717) is 27.8 Å². The van der Waals surface area contributed by atoms with Crippen LogP contribution in [0.4, 0.5) is 14.5 Å². The number of benzene rings is 3. The Hall–Kier alpha value is -3.54. The molecular weight excluding hydrogens is 338 g/mol. The third-order valence-electron chi connectivity index (χ3n) is 3.97. The lowest BCUT2D eigenvalue weighted by Crippen LogP contribution is -2.12. The van der Waals surface area contributed by atoms with Gasteiger partial charge in [-0.05, 0) is 54.6 Å². The van der Waals surface area contributed by atoms with E-state index in [-0.39, 0.29) is 11.5 Å². The lowest BCUT2D eigenvalue weighted by atomic mass is 10.1. The smallest absolute Gasteiger partial charge is 0.255 e. The second kappa shape index (κ2) is 6.40. The highest BCUT2D eigenvalue weighted by Gasteiger charge is 2.15. The topological polar surface area (TPSA) is 55.1 Å². The maximum absolute atomic E-state index is 13.7. The first kappa shape index (κ1) is 16.0. The number of carbonyl (C=O) groups excluding carboxylic acids is 1. The minimum atomic E-state index is -0.515. The van der Waals surface area contributed by atoms with Crippen molar-refractivity contribution >= 4 is 22.5 Å². The van der Waals surface area contributed by atoms with Crippen LogP contribution in [-0.2, 0) is 0 Å². The molecule has 0 aliphatic heterocycles. The molecule has 0 aliphatic rings. The third kappa shape index (κ3) is 2.93. The van der Waals surface area contributed by atoms with E-state index in [1.165, 1.54) is 24.3 Å². The maximum Gasteiger partial charge on any atom is 0.255 e. The van der Waals surface area contributed by atoms with Crippen molar-refractivity contribution in [3.8, 4) is 11.3 Å². The van der Waals surface area contributed by atoms with Gasteiger partial charge in [-0.3, -0.25) is 4.79 Å². The molecule has 0 bridgehead atoms. The lowest BCUT2D eigenvalue weighted by Gasteiger charge is -2.06. The van der Waals surface area contributed by atoms with E-state index in [1.807, 2.05) is 0 Å². The van der Waals surface area contributed by atoms with Gasteiger partial charge in [0.05, 0.1) is 11.1 Å². The first-order valence-corrected chi connectivity index (χ1v) is 7.83. The van der Waals surface area contributed by atoms with E-state index in [9.17, 15) is 13.6 Å². The van der Waals surface area contributed by atoms with E-state index in [1.54, 1.807) is 42.5 Å².